The Labute approximate surface area is 135 Å². The largest absolute Gasteiger partial charge is 0.375 e. The summed E-state index contributed by atoms with van der Waals surface area (Å²) in [6.45, 7) is 2.14. The molecule has 114 valence electrons. The smallest absolute Gasteiger partial charge is 0.283 e. The number of piperidine rings is 1. The molecule has 5 nitrogen and oxygen atoms in total. The van der Waals surface area contributed by atoms with Gasteiger partial charge in [0.25, 0.3) is 5.82 Å². The Balaban J connectivity index is 2.01. The molecule has 22 heavy (non-hydrogen) atoms. The summed E-state index contributed by atoms with van der Waals surface area (Å²) >= 11 is 4.78. The van der Waals surface area contributed by atoms with Crippen LogP contribution in [0.2, 0.25) is 0 Å². The number of anilines is 1. The average molecular weight is 314 g/mol. The van der Waals surface area contributed by atoms with E-state index in [2.05, 4.69) is 38.6 Å². The van der Waals surface area contributed by atoms with Crippen LogP contribution in [0.4, 0.5) is 5.82 Å². The zero-order chi connectivity index (χ0) is 15.4. The number of thiocarbonyl (C=S) groups is 1. The summed E-state index contributed by atoms with van der Waals surface area (Å²) < 4.78 is 0. The second-order valence-corrected chi connectivity index (χ2v) is 5.88. The van der Waals surface area contributed by atoms with Gasteiger partial charge in [0.2, 0.25) is 0 Å². The Kier molecular flexibility index (Phi) is 4.48. The molecule has 0 amide bonds. The second kappa shape index (κ2) is 6.70. The number of fused-ring (bicyclic) bond motifs is 1. The monoisotopic (exact) mass is 314 g/mol. The van der Waals surface area contributed by atoms with Crippen LogP contribution in [-0.4, -0.2) is 24.4 Å². The Morgan fingerprint density at radius 2 is 2.05 bits per heavy atom. The standard InChI is InChI=1S/C16H19N5S/c17-16(22)20-18-11-13-10-12-6-2-3-7-14(12)19-15(13)21-8-4-1-5-9-21/h2-3,6-7,10-11H,1,4-5,8-9H2,(H3,17,20,22)/p+1. The van der Waals surface area contributed by atoms with Crippen molar-refractivity contribution in [3.05, 3.63) is 35.9 Å². The summed E-state index contributed by atoms with van der Waals surface area (Å²) in [6, 6.07) is 10.4. The van der Waals surface area contributed by atoms with Crippen LogP contribution in [0.3, 0.4) is 0 Å². The van der Waals surface area contributed by atoms with Crippen molar-refractivity contribution < 1.29 is 4.98 Å². The number of hydrogen-bond donors (Lipinski definition) is 2. The lowest BCUT2D eigenvalue weighted by Gasteiger charge is -2.22. The van der Waals surface area contributed by atoms with Gasteiger partial charge >= 0.3 is 0 Å². The molecule has 1 aliphatic heterocycles. The molecule has 0 atom stereocenters. The van der Waals surface area contributed by atoms with Gasteiger partial charge in [0, 0.05) is 5.39 Å². The number of hydrogen-bond acceptors (Lipinski definition) is 3. The summed E-state index contributed by atoms with van der Waals surface area (Å²) in [5.74, 6) is 1.10. The van der Waals surface area contributed by atoms with Crippen molar-refractivity contribution in [2.75, 3.05) is 18.0 Å². The van der Waals surface area contributed by atoms with E-state index < -0.39 is 0 Å². The van der Waals surface area contributed by atoms with Gasteiger partial charge in [-0.1, -0.05) is 18.2 Å². The number of pyridine rings is 1. The molecule has 1 aliphatic rings. The SMILES string of the molecule is NC(=S)NN=Cc1cc2ccccc2[nH+]c1N1CCCCC1. The van der Waals surface area contributed by atoms with E-state index in [9.17, 15) is 0 Å². The zero-order valence-electron chi connectivity index (χ0n) is 12.4. The van der Waals surface area contributed by atoms with Crippen LogP contribution in [0.25, 0.3) is 10.9 Å². The number of aromatic nitrogens is 1. The van der Waals surface area contributed by atoms with Crippen LogP contribution in [0.1, 0.15) is 24.8 Å². The van der Waals surface area contributed by atoms with Crippen molar-refractivity contribution in [2.45, 2.75) is 19.3 Å². The molecule has 0 radical (unpaired) electrons. The van der Waals surface area contributed by atoms with Crippen LogP contribution in [0.5, 0.6) is 0 Å². The Morgan fingerprint density at radius 1 is 1.27 bits per heavy atom. The minimum Gasteiger partial charge on any atom is -0.375 e. The fourth-order valence-corrected chi connectivity index (χ4v) is 2.87. The summed E-state index contributed by atoms with van der Waals surface area (Å²) in [6.07, 6.45) is 5.52. The van der Waals surface area contributed by atoms with E-state index in [0.29, 0.717) is 0 Å². The molecule has 0 unspecified atom stereocenters. The molecule has 2 aromatic rings. The third-order valence-corrected chi connectivity index (χ3v) is 3.94. The third-order valence-electron chi connectivity index (χ3n) is 3.85. The molecule has 1 aromatic carbocycles. The normalized spacial score (nSPS) is 15.4. The molecule has 1 aromatic heterocycles. The number of nitrogens with zero attached hydrogens (tertiary/aromatic N) is 2. The summed E-state index contributed by atoms with van der Waals surface area (Å²) in [7, 11) is 0. The molecule has 0 spiro atoms. The number of hydrazone groups is 1. The Hall–Kier alpha value is -2.21. The summed E-state index contributed by atoms with van der Waals surface area (Å²) in [4.78, 5) is 5.93. The lowest BCUT2D eigenvalue weighted by atomic mass is 10.1. The summed E-state index contributed by atoms with van der Waals surface area (Å²) in [5, 5.41) is 5.44. The summed E-state index contributed by atoms with van der Waals surface area (Å²) in [5.41, 5.74) is 10.2. The number of nitrogens with one attached hydrogen (secondary N) is 2. The van der Waals surface area contributed by atoms with Gasteiger partial charge in [-0.15, -0.1) is 0 Å². The lowest BCUT2D eigenvalue weighted by molar-refractivity contribution is -0.330. The maximum Gasteiger partial charge on any atom is 0.283 e. The van der Waals surface area contributed by atoms with Gasteiger partial charge in [-0.25, -0.2) is 4.98 Å². The second-order valence-electron chi connectivity index (χ2n) is 5.44. The Bertz CT molecular complexity index is 707. The van der Waals surface area contributed by atoms with Crippen LogP contribution in [-0.2, 0) is 0 Å². The lowest BCUT2D eigenvalue weighted by Crippen LogP contribution is -2.35. The van der Waals surface area contributed by atoms with Crippen molar-refractivity contribution in [1.29, 1.82) is 0 Å². The average Bonchev–Trinajstić information content (AvgIpc) is 2.54. The highest BCUT2D eigenvalue weighted by molar-refractivity contribution is 7.80. The quantitative estimate of drug-likeness (QED) is 0.515. The first-order valence-electron chi connectivity index (χ1n) is 7.52. The molecule has 6 heteroatoms. The third kappa shape index (κ3) is 3.33. The van der Waals surface area contributed by atoms with Gasteiger partial charge in [0.15, 0.2) is 5.11 Å². The van der Waals surface area contributed by atoms with Gasteiger partial charge < -0.3 is 5.73 Å². The van der Waals surface area contributed by atoms with Crippen LogP contribution >= 0.6 is 12.2 Å². The molecule has 0 saturated carbocycles. The predicted octanol–water partition coefficient (Wildman–Crippen LogP) is 1.81. The fourth-order valence-electron chi connectivity index (χ4n) is 2.82. The minimum atomic E-state index is 0.167. The molecule has 1 saturated heterocycles. The van der Waals surface area contributed by atoms with Crippen LogP contribution < -0.4 is 21.0 Å². The predicted molar refractivity (Wildman–Crippen MR) is 94.1 cm³/mol. The van der Waals surface area contributed by atoms with Gasteiger partial charge in [-0.3, -0.25) is 10.3 Å². The van der Waals surface area contributed by atoms with E-state index in [1.165, 1.54) is 19.3 Å². The number of para-hydroxylation sites is 1. The molecule has 0 aliphatic carbocycles. The number of benzene rings is 1. The highest BCUT2D eigenvalue weighted by Crippen LogP contribution is 2.21. The molecular formula is C16H20N5S+. The number of rotatable bonds is 3. The van der Waals surface area contributed by atoms with Gasteiger partial charge in [-0.05, 0) is 43.6 Å². The van der Waals surface area contributed by atoms with Gasteiger partial charge in [0.05, 0.1) is 24.9 Å². The van der Waals surface area contributed by atoms with Crippen molar-refractivity contribution in [3.8, 4) is 0 Å². The van der Waals surface area contributed by atoms with Crippen LogP contribution in [0, 0.1) is 0 Å². The molecule has 0 bridgehead atoms. The van der Waals surface area contributed by atoms with E-state index in [1.807, 2.05) is 12.1 Å². The van der Waals surface area contributed by atoms with Crippen molar-refractivity contribution in [2.24, 2.45) is 10.8 Å². The van der Waals surface area contributed by atoms with Gasteiger partial charge in [0.1, 0.15) is 5.52 Å². The first-order valence-corrected chi connectivity index (χ1v) is 7.93. The maximum atomic E-state index is 5.42. The van der Waals surface area contributed by atoms with E-state index >= 15 is 0 Å². The van der Waals surface area contributed by atoms with Crippen molar-refractivity contribution >= 4 is 40.3 Å². The molecular weight excluding hydrogens is 294 g/mol. The minimum absolute atomic E-state index is 0.167. The van der Waals surface area contributed by atoms with Crippen molar-refractivity contribution in [1.82, 2.24) is 5.43 Å². The molecule has 4 N–H and O–H groups in total. The number of nitrogens with two attached hydrogens (primary N) is 1. The van der Waals surface area contributed by atoms with E-state index in [0.717, 1.165) is 35.4 Å². The zero-order valence-corrected chi connectivity index (χ0v) is 13.2. The molecule has 3 rings (SSSR count). The topological polar surface area (TPSA) is 67.8 Å². The number of H-pyrrole nitrogens is 1. The molecule has 1 fully saturated rings. The molecule has 2 heterocycles. The van der Waals surface area contributed by atoms with Crippen molar-refractivity contribution in [3.63, 3.8) is 0 Å². The van der Waals surface area contributed by atoms with Crippen LogP contribution in [0.15, 0.2) is 35.4 Å². The fraction of sp³-hybridized carbons (Fsp3) is 0.312. The highest BCUT2D eigenvalue weighted by atomic mass is 32.1. The highest BCUT2D eigenvalue weighted by Gasteiger charge is 2.22. The van der Waals surface area contributed by atoms with E-state index in [4.69, 9.17) is 18.0 Å². The van der Waals surface area contributed by atoms with Gasteiger partial charge in [-0.2, -0.15) is 5.10 Å². The first-order chi connectivity index (χ1) is 10.7. The van der Waals surface area contributed by atoms with E-state index in [-0.39, 0.29) is 5.11 Å². The number of aromatic amines is 1. The maximum absolute atomic E-state index is 5.42. The van der Waals surface area contributed by atoms with E-state index in [1.54, 1.807) is 6.21 Å². The first kappa shape index (κ1) is 14.7. The Morgan fingerprint density at radius 3 is 2.82 bits per heavy atom.